The lowest BCUT2D eigenvalue weighted by atomic mass is 10.2. The van der Waals surface area contributed by atoms with Crippen molar-refractivity contribution in [2.24, 2.45) is 0 Å². The fourth-order valence-corrected chi connectivity index (χ4v) is 0.755. The van der Waals surface area contributed by atoms with Crippen LogP contribution in [0.3, 0.4) is 0 Å². The van der Waals surface area contributed by atoms with Gasteiger partial charge in [-0.05, 0) is 18.6 Å². The van der Waals surface area contributed by atoms with Crippen LogP contribution < -0.4 is 0 Å². The molecular weight excluding hydrogens is 110 g/mol. The number of pyridine rings is 1. The van der Waals surface area contributed by atoms with E-state index in [2.05, 4.69) is 18.1 Å². The summed E-state index contributed by atoms with van der Waals surface area (Å²) in [6, 6.07) is 5.82. The molecule has 0 aliphatic heterocycles. The van der Waals surface area contributed by atoms with Gasteiger partial charge in [0.25, 0.3) is 0 Å². The van der Waals surface area contributed by atoms with Crippen LogP contribution >= 0.6 is 0 Å². The standard InChI is InChI=1S/C8H10N/c1-2-5-8-6-3-4-7-9-8/h3-4,6H,2,5H2,1H3. The predicted octanol–water partition coefficient (Wildman–Crippen LogP) is 1.83. The van der Waals surface area contributed by atoms with Gasteiger partial charge in [0.2, 0.25) is 0 Å². The van der Waals surface area contributed by atoms with Gasteiger partial charge >= 0.3 is 0 Å². The third kappa shape index (κ3) is 1.84. The number of aryl methyl sites for hydroxylation is 1. The molecule has 1 rings (SSSR count). The molecule has 0 bridgehead atoms. The Morgan fingerprint density at radius 3 is 3.11 bits per heavy atom. The molecule has 0 fully saturated rings. The zero-order valence-corrected chi connectivity index (χ0v) is 5.59. The second kappa shape index (κ2) is 3.23. The summed E-state index contributed by atoms with van der Waals surface area (Å²) >= 11 is 0. The Balaban J connectivity index is 2.61. The summed E-state index contributed by atoms with van der Waals surface area (Å²) in [5.41, 5.74) is 1.14. The first-order valence-electron chi connectivity index (χ1n) is 3.25. The van der Waals surface area contributed by atoms with Gasteiger partial charge in [0, 0.05) is 5.69 Å². The van der Waals surface area contributed by atoms with Gasteiger partial charge in [-0.25, -0.2) is 0 Å². The Morgan fingerprint density at radius 2 is 2.56 bits per heavy atom. The van der Waals surface area contributed by atoms with Crippen molar-refractivity contribution in [2.75, 3.05) is 0 Å². The van der Waals surface area contributed by atoms with Crippen LogP contribution in [0.4, 0.5) is 0 Å². The fourth-order valence-electron chi connectivity index (χ4n) is 0.755. The molecule has 47 valence electrons. The minimum atomic E-state index is 1.07. The Hall–Kier alpha value is -0.850. The minimum absolute atomic E-state index is 1.07. The minimum Gasteiger partial charge on any atom is -0.251 e. The van der Waals surface area contributed by atoms with Gasteiger partial charge < -0.3 is 0 Å². The first-order valence-corrected chi connectivity index (χ1v) is 3.25. The quantitative estimate of drug-likeness (QED) is 0.580. The molecule has 1 heteroatoms. The van der Waals surface area contributed by atoms with Crippen molar-refractivity contribution in [3.63, 3.8) is 0 Å². The molecule has 1 aromatic heterocycles. The van der Waals surface area contributed by atoms with E-state index in [1.165, 1.54) is 0 Å². The fraction of sp³-hybridized carbons (Fsp3) is 0.375. The van der Waals surface area contributed by atoms with E-state index in [0.29, 0.717) is 0 Å². The topological polar surface area (TPSA) is 12.9 Å². The van der Waals surface area contributed by atoms with Gasteiger partial charge in [0.15, 0.2) is 0 Å². The van der Waals surface area contributed by atoms with Gasteiger partial charge in [-0.15, -0.1) is 0 Å². The zero-order chi connectivity index (χ0) is 6.53. The summed E-state index contributed by atoms with van der Waals surface area (Å²) in [5.74, 6) is 0. The van der Waals surface area contributed by atoms with Gasteiger partial charge in [0.05, 0.1) is 6.20 Å². The van der Waals surface area contributed by atoms with Crippen molar-refractivity contribution in [1.82, 2.24) is 4.98 Å². The third-order valence-corrected chi connectivity index (χ3v) is 1.17. The van der Waals surface area contributed by atoms with Crippen molar-refractivity contribution < 1.29 is 0 Å². The average Bonchev–Trinajstić information content (AvgIpc) is 1.91. The molecule has 0 unspecified atom stereocenters. The van der Waals surface area contributed by atoms with Crippen LogP contribution in [0, 0.1) is 6.20 Å². The molecule has 0 aliphatic rings. The van der Waals surface area contributed by atoms with Crippen molar-refractivity contribution >= 4 is 0 Å². The van der Waals surface area contributed by atoms with Crippen LogP contribution in [0.1, 0.15) is 19.0 Å². The molecule has 0 spiro atoms. The molecule has 0 aromatic carbocycles. The van der Waals surface area contributed by atoms with E-state index in [-0.39, 0.29) is 0 Å². The number of nitrogens with zero attached hydrogens (tertiary/aromatic N) is 1. The van der Waals surface area contributed by atoms with E-state index in [4.69, 9.17) is 0 Å². The smallest absolute Gasteiger partial charge is 0.0889 e. The first-order chi connectivity index (χ1) is 4.43. The molecule has 0 saturated carbocycles. The van der Waals surface area contributed by atoms with Gasteiger partial charge in [-0.1, -0.05) is 19.4 Å². The molecule has 0 saturated heterocycles. The summed E-state index contributed by atoms with van der Waals surface area (Å²) in [5, 5.41) is 0. The van der Waals surface area contributed by atoms with E-state index < -0.39 is 0 Å². The van der Waals surface area contributed by atoms with Crippen LogP contribution in [-0.4, -0.2) is 4.98 Å². The highest BCUT2D eigenvalue weighted by Crippen LogP contribution is 1.95. The number of rotatable bonds is 2. The summed E-state index contributed by atoms with van der Waals surface area (Å²) in [4.78, 5) is 4.04. The zero-order valence-electron chi connectivity index (χ0n) is 5.59. The predicted molar refractivity (Wildman–Crippen MR) is 37.1 cm³/mol. The van der Waals surface area contributed by atoms with Crippen LogP contribution in [0.5, 0.6) is 0 Å². The summed E-state index contributed by atoms with van der Waals surface area (Å²) in [7, 11) is 0. The van der Waals surface area contributed by atoms with Gasteiger partial charge in [-0.2, -0.15) is 0 Å². The average molecular weight is 120 g/mol. The van der Waals surface area contributed by atoms with Crippen LogP contribution in [0.25, 0.3) is 0 Å². The number of hydrogen-bond donors (Lipinski definition) is 0. The summed E-state index contributed by atoms with van der Waals surface area (Å²) in [6.45, 7) is 2.15. The second-order valence-electron chi connectivity index (χ2n) is 2.01. The summed E-state index contributed by atoms with van der Waals surface area (Å²) in [6.07, 6.45) is 5.02. The Labute approximate surface area is 55.7 Å². The normalized spacial score (nSPS) is 9.44. The van der Waals surface area contributed by atoms with Crippen molar-refractivity contribution in [3.05, 3.63) is 30.1 Å². The number of hydrogen-bond acceptors (Lipinski definition) is 1. The largest absolute Gasteiger partial charge is 0.251 e. The molecule has 1 nitrogen and oxygen atoms in total. The Morgan fingerprint density at radius 1 is 1.67 bits per heavy atom. The lowest BCUT2D eigenvalue weighted by Crippen LogP contribution is -1.85. The first kappa shape index (κ1) is 6.27. The third-order valence-electron chi connectivity index (χ3n) is 1.17. The molecule has 0 amide bonds. The monoisotopic (exact) mass is 120 g/mol. The maximum atomic E-state index is 4.04. The van der Waals surface area contributed by atoms with Crippen LogP contribution in [0.15, 0.2) is 18.2 Å². The van der Waals surface area contributed by atoms with E-state index in [9.17, 15) is 0 Å². The maximum absolute atomic E-state index is 4.04. The van der Waals surface area contributed by atoms with Gasteiger partial charge in [-0.3, -0.25) is 4.98 Å². The highest BCUT2D eigenvalue weighted by molar-refractivity contribution is 5.02. The highest BCUT2D eigenvalue weighted by atomic mass is 14.7. The SMILES string of the molecule is CCCc1ccc[c]n1. The molecule has 0 atom stereocenters. The van der Waals surface area contributed by atoms with Crippen LogP contribution in [0.2, 0.25) is 0 Å². The van der Waals surface area contributed by atoms with E-state index in [1.807, 2.05) is 18.2 Å². The van der Waals surface area contributed by atoms with E-state index in [0.717, 1.165) is 18.5 Å². The molecule has 1 aromatic rings. The van der Waals surface area contributed by atoms with Gasteiger partial charge in [0.1, 0.15) is 0 Å². The molecule has 0 aliphatic carbocycles. The molecule has 1 radical (unpaired) electrons. The van der Waals surface area contributed by atoms with Crippen molar-refractivity contribution in [1.29, 1.82) is 0 Å². The lowest BCUT2D eigenvalue weighted by Gasteiger charge is -1.92. The lowest BCUT2D eigenvalue weighted by molar-refractivity contribution is 0.881. The van der Waals surface area contributed by atoms with Crippen molar-refractivity contribution in [3.8, 4) is 0 Å². The van der Waals surface area contributed by atoms with E-state index in [1.54, 1.807) is 0 Å². The molecule has 0 N–H and O–H groups in total. The molecule has 9 heavy (non-hydrogen) atoms. The Kier molecular flexibility index (Phi) is 2.25. The summed E-state index contributed by atoms with van der Waals surface area (Å²) < 4.78 is 0. The molecular formula is C8H10N. The van der Waals surface area contributed by atoms with E-state index >= 15 is 0 Å². The maximum Gasteiger partial charge on any atom is 0.0889 e. The number of aromatic nitrogens is 1. The molecule has 1 heterocycles. The Bertz CT molecular complexity index is 157. The second-order valence-corrected chi connectivity index (χ2v) is 2.01. The van der Waals surface area contributed by atoms with Crippen LogP contribution in [-0.2, 0) is 6.42 Å². The highest BCUT2D eigenvalue weighted by Gasteiger charge is 1.86. The van der Waals surface area contributed by atoms with Crippen molar-refractivity contribution in [2.45, 2.75) is 19.8 Å².